The van der Waals surface area contributed by atoms with Crippen LogP contribution in [0.15, 0.2) is 45.5 Å². The lowest BCUT2D eigenvalue weighted by Crippen LogP contribution is -2.01. The second-order valence-electron chi connectivity index (χ2n) is 3.69. The van der Waals surface area contributed by atoms with Crippen molar-refractivity contribution >= 4 is 15.9 Å². The number of furan rings is 1. The van der Waals surface area contributed by atoms with Crippen molar-refractivity contribution in [1.29, 1.82) is 0 Å². The molecule has 0 saturated carbocycles. The Balaban J connectivity index is 2.14. The molecule has 0 aliphatic rings. The number of aliphatic hydroxyl groups is 1. The first-order valence-corrected chi connectivity index (χ1v) is 6.04. The van der Waals surface area contributed by atoms with Crippen LogP contribution in [-0.2, 0) is 6.42 Å². The van der Waals surface area contributed by atoms with Crippen molar-refractivity contribution in [2.24, 2.45) is 0 Å². The Hall–Kier alpha value is -1.26. The third kappa shape index (κ3) is 2.90. The average Bonchev–Trinajstić information content (AvgIpc) is 2.81. The molecule has 17 heavy (non-hydrogen) atoms. The molecular formula is C13H13BrO3. The van der Waals surface area contributed by atoms with Crippen molar-refractivity contribution in [2.45, 2.75) is 12.5 Å². The van der Waals surface area contributed by atoms with E-state index in [1.54, 1.807) is 13.4 Å². The van der Waals surface area contributed by atoms with E-state index in [0.29, 0.717) is 6.42 Å². The highest BCUT2D eigenvalue weighted by atomic mass is 79.9. The summed E-state index contributed by atoms with van der Waals surface area (Å²) in [6.45, 7) is 0. The monoisotopic (exact) mass is 296 g/mol. The van der Waals surface area contributed by atoms with E-state index in [4.69, 9.17) is 9.15 Å². The van der Waals surface area contributed by atoms with E-state index in [0.717, 1.165) is 21.5 Å². The maximum atomic E-state index is 10.1. The fraction of sp³-hybridized carbons (Fsp3) is 0.231. The van der Waals surface area contributed by atoms with E-state index in [1.807, 2.05) is 30.3 Å². The highest BCUT2D eigenvalue weighted by Crippen LogP contribution is 2.29. The molecule has 0 bridgehead atoms. The lowest BCUT2D eigenvalue weighted by atomic mass is 10.1. The fourth-order valence-corrected chi connectivity index (χ4v) is 2.19. The van der Waals surface area contributed by atoms with E-state index in [2.05, 4.69) is 15.9 Å². The molecule has 90 valence electrons. The number of hydrogen-bond acceptors (Lipinski definition) is 3. The van der Waals surface area contributed by atoms with E-state index in [1.165, 1.54) is 0 Å². The first-order valence-electron chi connectivity index (χ1n) is 5.24. The van der Waals surface area contributed by atoms with Crippen LogP contribution in [-0.4, -0.2) is 12.2 Å². The second kappa shape index (κ2) is 5.38. The minimum atomic E-state index is -0.580. The molecule has 1 aromatic heterocycles. The van der Waals surface area contributed by atoms with E-state index >= 15 is 0 Å². The molecule has 0 amide bonds. The molecular weight excluding hydrogens is 284 g/mol. The largest absolute Gasteiger partial charge is 0.496 e. The third-order valence-corrected chi connectivity index (χ3v) is 3.15. The van der Waals surface area contributed by atoms with Gasteiger partial charge in [-0.05, 0) is 45.8 Å². The predicted molar refractivity (Wildman–Crippen MR) is 68.1 cm³/mol. The molecule has 0 aliphatic heterocycles. The highest BCUT2D eigenvalue weighted by Gasteiger charge is 2.12. The van der Waals surface area contributed by atoms with Crippen molar-refractivity contribution in [3.63, 3.8) is 0 Å². The normalized spacial score (nSPS) is 12.4. The van der Waals surface area contributed by atoms with Gasteiger partial charge in [-0.1, -0.05) is 6.07 Å². The van der Waals surface area contributed by atoms with E-state index in [-0.39, 0.29) is 0 Å². The predicted octanol–water partition coefficient (Wildman–Crippen LogP) is 3.33. The summed E-state index contributed by atoms with van der Waals surface area (Å²) in [5, 5.41) is 10.1. The van der Waals surface area contributed by atoms with Gasteiger partial charge in [0.25, 0.3) is 0 Å². The molecule has 3 nitrogen and oxygen atoms in total. The first kappa shape index (κ1) is 12.2. The van der Waals surface area contributed by atoms with Gasteiger partial charge in [0.05, 0.1) is 23.9 Å². The Morgan fingerprint density at radius 3 is 2.82 bits per heavy atom. The number of benzene rings is 1. The van der Waals surface area contributed by atoms with Crippen LogP contribution >= 0.6 is 15.9 Å². The fourth-order valence-electron chi connectivity index (χ4n) is 1.63. The van der Waals surface area contributed by atoms with Crippen molar-refractivity contribution in [2.75, 3.05) is 7.11 Å². The van der Waals surface area contributed by atoms with Gasteiger partial charge >= 0.3 is 0 Å². The Morgan fingerprint density at radius 2 is 2.24 bits per heavy atom. The average molecular weight is 297 g/mol. The summed E-state index contributed by atoms with van der Waals surface area (Å²) in [6, 6.07) is 9.18. The Morgan fingerprint density at radius 1 is 1.41 bits per heavy atom. The molecule has 1 N–H and O–H groups in total. The van der Waals surface area contributed by atoms with Gasteiger partial charge in [0.2, 0.25) is 0 Å². The molecule has 1 unspecified atom stereocenters. The van der Waals surface area contributed by atoms with Crippen molar-refractivity contribution in [1.82, 2.24) is 0 Å². The number of aliphatic hydroxyl groups excluding tert-OH is 1. The molecule has 0 spiro atoms. The molecule has 0 fully saturated rings. The van der Waals surface area contributed by atoms with Crippen LogP contribution in [0.3, 0.4) is 0 Å². The lowest BCUT2D eigenvalue weighted by molar-refractivity contribution is 0.170. The summed E-state index contributed by atoms with van der Waals surface area (Å²) in [5.41, 5.74) is 0.828. The van der Waals surface area contributed by atoms with Crippen LogP contribution in [0, 0.1) is 0 Å². The van der Waals surface area contributed by atoms with Gasteiger partial charge in [0.1, 0.15) is 11.5 Å². The number of rotatable bonds is 4. The number of methoxy groups -OCH3 is 1. The zero-order chi connectivity index (χ0) is 12.3. The minimum Gasteiger partial charge on any atom is -0.496 e. The van der Waals surface area contributed by atoms with Gasteiger partial charge < -0.3 is 14.3 Å². The third-order valence-electron chi connectivity index (χ3n) is 2.54. The van der Waals surface area contributed by atoms with Crippen molar-refractivity contribution in [3.05, 3.63) is 52.4 Å². The topological polar surface area (TPSA) is 42.6 Å². The van der Waals surface area contributed by atoms with Gasteiger partial charge in [0.15, 0.2) is 0 Å². The quantitative estimate of drug-likeness (QED) is 0.941. The van der Waals surface area contributed by atoms with Gasteiger partial charge in [-0.2, -0.15) is 0 Å². The van der Waals surface area contributed by atoms with Crippen molar-refractivity contribution < 1.29 is 14.3 Å². The Labute approximate surface area is 108 Å². The molecule has 0 radical (unpaired) electrons. The van der Waals surface area contributed by atoms with E-state index in [9.17, 15) is 5.11 Å². The summed E-state index contributed by atoms with van der Waals surface area (Å²) in [7, 11) is 1.61. The summed E-state index contributed by atoms with van der Waals surface area (Å²) < 4.78 is 11.2. The Bertz CT molecular complexity index is 479. The zero-order valence-corrected chi connectivity index (χ0v) is 11.0. The highest BCUT2D eigenvalue weighted by molar-refractivity contribution is 9.10. The second-order valence-corrected chi connectivity index (χ2v) is 4.55. The molecule has 1 atom stereocenters. The lowest BCUT2D eigenvalue weighted by Gasteiger charge is -2.11. The molecule has 1 aromatic carbocycles. The van der Waals surface area contributed by atoms with Crippen LogP contribution < -0.4 is 4.74 Å². The van der Waals surface area contributed by atoms with Crippen LogP contribution in [0.1, 0.15) is 17.4 Å². The molecule has 0 aliphatic carbocycles. The Kier molecular flexibility index (Phi) is 3.86. The van der Waals surface area contributed by atoms with Crippen LogP contribution in [0.25, 0.3) is 0 Å². The smallest absolute Gasteiger partial charge is 0.133 e. The number of ether oxygens (including phenoxy) is 1. The molecule has 0 saturated heterocycles. The summed E-state index contributed by atoms with van der Waals surface area (Å²) in [6.07, 6.45) is 1.49. The van der Waals surface area contributed by atoms with E-state index < -0.39 is 6.10 Å². The van der Waals surface area contributed by atoms with Crippen LogP contribution in [0.5, 0.6) is 5.75 Å². The van der Waals surface area contributed by atoms with Gasteiger partial charge in [-0.25, -0.2) is 0 Å². The summed E-state index contributed by atoms with van der Waals surface area (Å²) in [4.78, 5) is 0. The number of hydrogen-bond donors (Lipinski definition) is 1. The molecule has 2 aromatic rings. The van der Waals surface area contributed by atoms with Crippen molar-refractivity contribution in [3.8, 4) is 5.75 Å². The molecule has 4 heteroatoms. The first-order chi connectivity index (χ1) is 8.20. The maximum Gasteiger partial charge on any atom is 0.133 e. The SMILES string of the molecule is COc1ccc(C(O)Cc2ccco2)cc1Br. The molecule has 1 heterocycles. The summed E-state index contributed by atoms with van der Waals surface area (Å²) >= 11 is 3.39. The molecule has 2 rings (SSSR count). The summed E-state index contributed by atoms with van der Waals surface area (Å²) in [5.74, 6) is 1.52. The van der Waals surface area contributed by atoms with Crippen LogP contribution in [0.4, 0.5) is 0 Å². The van der Waals surface area contributed by atoms with Gasteiger partial charge in [-0.15, -0.1) is 0 Å². The number of halogens is 1. The standard InChI is InChI=1S/C13H13BrO3/c1-16-13-5-4-9(7-11(13)14)12(15)8-10-3-2-6-17-10/h2-7,12,15H,8H2,1H3. The minimum absolute atomic E-state index is 0.464. The van der Waals surface area contributed by atoms with Gasteiger partial charge in [-0.3, -0.25) is 0 Å². The maximum absolute atomic E-state index is 10.1. The van der Waals surface area contributed by atoms with Crippen LogP contribution in [0.2, 0.25) is 0 Å². The van der Waals surface area contributed by atoms with Gasteiger partial charge in [0, 0.05) is 6.42 Å². The zero-order valence-electron chi connectivity index (χ0n) is 9.39.